The molecule has 1 atom stereocenters. The number of hydrogen-bond acceptors (Lipinski definition) is 7. The van der Waals surface area contributed by atoms with Crippen molar-refractivity contribution in [3.05, 3.63) is 87.8 Å². The molecule has 0 spiro atoms. The molecule has 0 radical (unpaired) electrons. The summed E-state index contributed by atoms with van der Waals surface area (Å²) in [7, 11) is -3.59. The molecule has 1 aliphatic rings. The molecule has 0 aliphatic carbocycles. The molecule has 4 heterocycles. The smallest absolute Gasteiger partial charge is 0.284 e. The number of fused-ring (bicyclic) bond motifs is 1. The predicted molar refractivity (Wildman–Crippen MR) is 128 cm³/mol. The molecule has 1 aromatic carbocycles. The second-order valence-electron chi connectivity index (χ2n) is 7.81. The number of carbonyl (C=O) groups excluding carboxylic acids is 1. The second kappa shape index (κ2) is 9.18. The number of thiophene rings is 1. The zero-order valence-corrected chi connectivity index (χ0v) is 19.7. The van der Waals surface area contributed by atoms with E-state index >= 15 is 0 Å². The molecule has 0 bridgehead atoms. The molecule has 9 nitrogen and oxygen atoms in total. The minimum atomic E-state index is -3.59. The number of piperazine rings is 1. The van der Waals surface area contributed by atoms with Crippen LogP contribution >= 0.6 is 11.3 Å². The van der Waals surface area contributed by atoms with E-state index in [-0.39, 0.29) is 42.6 Å². The zero-order chi connectivity index (χ0) is 23.7. The van der Waals surface area contributed by atoms with E-state index in [1.165, 1.54) is 13.8 Å². The zero-order valence-electron chi connectivity index (χ0n) is 18.1. The van der Waals surface area contributed by atoms with Crippen LogP contribution in [0.25, 0.3) is 11.2 Å². The molecule has 11 heteroatoms. The Hall–Kier alpha value is -3.25. The Morgan fingerprint density at radius 2 is 1.79 bits per heavy atom. The molecule has 174 valence electrons. The van der Waals surface area contributed by atoms with Gasteiger partial charge in [-0.15, -0.1) is 4.31 Å². The van der Waals surface area contributed by atoms with Gasteiger partial charge < -0.3 is 9.45 Å². The highest BCUT2D eigenvalue weighted by atomic mass is 32.3. The van der Waals surface area contributed by atoms with Crippen molar-refractivity contribution in [1.82, 2.24) is 23.7 Å². The first kappa shape index (κ1) is 22.5. The van der Waals surface area contributed by atoms with E-state index in [9.17, 15) is 18.4 Å². The van der Waals surface area contributed by atoms with Crippen LogP contribution in [0.2, 0.25) is 0 Å². The standard InChI is InChI=1S/C23H21N5O4S2/c29-22(26-11-13-27(14-12-26)34(31,32)19-9-5-15-33-19)20-23(30)28(16-17-6-2-1-3-7-17)21-18(25-20)8-4-10-24-21/h1-10,15H,11-14,16H2. The Balaban J connectivity index is 1.42. The monoisotopic (exact) mass is 495 g/mol. The minimum Gasteiger partial charge on any atom is -0.592 e. The van der Waals surface area contributed by atoms with Gasteiger partial charge in [-0.3, -0.25) is 14.2 Å². The van der Waals surface area contributed by atoms with Gasteiger partial charge in [-0.25, -0.2) is 9.97 Å². The van der Waals surface area contributed by atoms with Crippen LogP contribution in [0.1, 0.15) is 16.1 Å². The fraction of sp³-hybridized carbons (Fsp3) is 0.217. The highest BCUT2D eigenvalue weighted by Crippen LogP contribution is 2.26. The van der Waals surface area contributed by atoms with Crippen molar-refractivity contribution < 1.29 is 13.6 Å². The van der Waals surface area contributed by atoms with Crippen LogP contribution in [0.5, 0.6) is 0 Å². The van der Waals surface area contributed by atoms with Gasteiger partial charge in [0, 0.05) is 25.4 Å². The molecule has 4 aromatic rings. The van der Waals surface area contributed by atoms with Crippen LogP contribution in [0, 0.1) is 0 Å². The third-order valence-electron chi connectivity index (χ3n) is 5.70. The molecular weight excluding hydrogens is 474 g/mol. The number of benzene rings is 1. The van der Waals surface area contributed by atoms with Crippen molar-refractivity contribution in [3.8, 4) is 0 Å². The largest absolute Gasteiger partial charge is 0.592 e. The first-order valence-corrected chi connectivity index (χ1v) is 13.0. The SMILES string of the molecule is O=C(c1nc2cccnc2n(Cc2ccccc2)c1=O)N1CCN([S+](=O)([O-])c2cccs2)CC1. The predicted octanol–water partition coefficient (Wildman–Crippen LogP) is 2.26. The molecular formula is C23H21N5O4S2. The molecule has 3 aromatic heterocycles. The Morgan fingerprint density at radius 3 is 2.50 bits per heavy atom. The number of nitrogens with zero attached hydrogens (tertiary/aromatic N) is 5. The van der Waals surface area contributed by atoms with Gasteiger partial charge in [0.1, 0.15) is 5.52 Å². The van der Waals surface area contributed by atoms with Gasteiger partial charge in [-0.05, 0) is 29.1 Å². The van der Waals surface area contributed by atoms with E-state index in [0.29, 0.717) is 11.2 Å². The highest BCUT2D eigenvalue weighted by molar-refractivity contribution is 7.97. The van der Waals surface area contributed by atoms with Crippen LogP contribution in [0.3, 0.4) is 0 Å². The van der Waals surface area contributed by atoms with Crippen LogP contribution in [0.15, 0.2) is 75.2 Å². The Bertz CT molecular complexity index is 1430. The number of rotatable bonds is 5. The fourth-order valence-electron chi connectivity index (χ4n) is 3.95. The summed E-state index contributed by atoms with van der Waals surface area (Å²) in [5, 5.41) is 1.72. The summed E-state index contributed by atoms with van der Waals surface area (Å²) in [5.74, 6) is -0.509. The number of aromatic nitrogens is 3. The van der Waals surface area contributed by atoms with E-state index in [2.05, 4.69) is 9.97 Å². The third kappa shape index (κ3) is 4.18. The van der Waals surface area contributed by atoms with Gasteiger partial charge in [0.25, 0.3) is 11.5 Å². The van der Waals surface area contributed by atoms with Crippen LogP contribution < -0.4 is 5.56 Å². The second-order valence-corrected chi connectivity index (χ2v) is 10.9. The van der Waals surface area contributed by atoms with Crippen LogP contribution in [-0.4, -0.2) is 60.4 Å². The van der Waals surface area contributed by atoms with Crippen molar-refractivity contribution in [2.45, 2.75) is 10.8 Å². The van der Waals surface area contributed by atoms with Gasteiger partial charge in [0.05, 0.1) is 19.6 Å². The maximum Gasteiger partial charge on any atom is 0.284 e. The van der Waals surface area contributed by atoms with Gasteiger partial charge >= 0.3 is 0 Å². The molecule has 5 rings (SSSR count). The number of hydrogen-bond donors (Lipinski definition) is 0. The van der Waals surface area contributed by atoms with Crippen molar-refractivity contribution in [1.29, 1.82) is 0 Å². The van der Waals surface area contributed by atoms with Crippen molar-refractivity contribution >= 4 is 38.8 Å². The van der Waals surface area contributed by atoms with Gasteiger partial charge in [0.2, 0.25) is 4.21 Å². The lowest BCUT2D eigenvalue weighted by Gasteiger charge is -2.35. The van der Waals surface area contributed by atoms with E-state index < -0.39 is 21.9 Å². The number of amides is 1. The van der Waals surface area contributed by atoms with Gasteiger partial charge in [0.15, 0.2) is 21.7 Å². The normalized spacial score (nSPS) is 16.4. The maximum atomic E-state index is 13.4. The van der Waals surface area contributed by atoms with Gasteiger partial charge in [-0.1, -0.05) is 45.9 Å². The highest BCUT2D eigenvalue weighted by Gasteiger charge is 2.36. The Labute approximate surface area is 200 Å². The number of carbonyl (C=O) groups is 1. The molecule has 1 amide bonds. The van der Waals surface area contributed by atoms with Crippen molar-refractivity contribution in [2.75, 3.05) is 26.2 Å². The third-order valence-corrected chi connectivity index (χ3v) is 8.97. The van der Waals surface area contributed by atoms with Crippen LogP contribution in [0.4, 0.5) is 0 Å². The van der Waals surface area contributed by atoms with E-state index in [1.54, 1.807) is 35.8 Å². The topological polar surface area (TPSA) is 111 Å². The summed E-state index contributed by atoms with van der Waals surface area (Å²) in [6.45, 7) is 0.907. The fourth-order valence-corrected chi connectivity index (χ4v) is 6.51. The molecule has 1 aliphatic heterocycles. The Morgan fingerprint density at radius 1 is 1.03 bits per heavy atom. The summed E-state index contributed by atoms with van der Waals surface area (Å²) in [5.41, 5.74) is 1.04. The van der Waals surface area contributed by atoms with E-state index in [4.69, 9.17) is 0 Å². The number of sulfonamides is 1. The summed E-state index contributed by atoms with van der Waals surface area (Å²) in [6.07, 6.45) is 1.58. The lowest BCUT2D eigenvalue weighted by atomic mass is 10.2. The van der Waals surface area contributed by atoms with Gasteiger partial charge in [-0.2, -0.15) is 0 Å². The lowest BCUT2D eigenvalue weighted by molar-refractivity contribution is 0.0685. The van der Waals surface area contributed by atoms with Crippen LogP contribution in [-0.2, 0) is 21.2 Å². The molecule has 1 fully saturated rings. The molecule has 0 N–H and O–H groups in total. The van der Waals surface area contributed by atoms with Crippen molar-refractivity contribution in [3.63, 3.8) is 0 Å². The Kier molecular flexibility index (Phi) is 6.09. The first-order chi connectivity index (χ1) is 16.4. The molecule has 1 unspecified atom stereocenters. The first-order valence-electron chi connectivity index (χ1n) is 10.7. The average molecular weight is 496 g/mol. The van der Waals surface area contributed by atoms with E-state index in [0.717, 1.165) is 16.9 Å². The summed E-state index contributed by atoms with van der Waals surface area (Å²) >= 11 is 1.16. The minimum absolute atomic E-state index is 0.152. The maximum absolute atomic E-state index is 13.4. The molecule has 34 heavy (non-hydrogen) atoms. The van der Waals surface area contributed by atoms with E-state index in [1.807, 2.05) is 30.3 Å². The summed E-state index contributed by atoms with van der Waals surface area (Å²) in [6, 6.07) is 16.1. The average Bonchev–Trinajstić information content (AvgIpc) is 3.42. The molecule has 1 saturated heterocycles. The lowest BCUT2D eigenvalue weighted by Crippen LogP contribution is -2.53. The summed E-state index contributed by atoms with van der Waals surface area (Å²) < 4.78 is 28.7. The number of pyridine rings is 1. The summed E-state index contributed by atoms with van der Waals surface area (Å²) in [4.78, 5) is 36.8. The quantitative estimate of drug-likeness (QED) is 0.393. The van der Waals surface area contributed by atoms with Crippen molar-refractivity contribution in [2.24, 2.45) is 0 Å². The molecule has 0 saturated carbocycles.